The minimum Gasteiger partial charge on any atom is -0.493 e. The summed E-state index contributed by atoms with van der Waals surface area (Å²) in [6.45, 7) is 4.27. The number of aryl methyl sites for hydroxylation is 1. The average molecular weight is 505 g/mol. The maximum Gasteiger partial charge on any atom is 0.416 e. The summed E-state index contributed by atoms with van der Waals surface area (Å²) in [5.41, 5.74) is -0.0304. The summed E-state index contributed by atoms with van der Waals surface area (Å²) in [7, 11) is 0. The van der Waals surface area contributed by atoms with Gasteiger partial charge in [-0.25, -0.2) is 0 Å². The molecular formula is C27H27F3O6. The number of hydrogen-bond donors (Lipinski definition) is 1. The molecule has 1 N–H and O–H groups in total. The lowest BCUT2D eigenvalue weighted by atomic mass is 10.2. The fraction of sp³-hybridized carbons (Fsp3) is 0.296. The van der Waals surface area contributed by atoms with E-state index in [-0.39, 0.29) is 37.1 Å². The molecule has 0 aromatic heterocycles. The van der Waals surface area contributed by atoms with Gasteiger partial charge in [-0.1, -0.05) is 25.1 Å². The van der Waals surface area contributed by atoms with Crippen molar-refractivity contribution in [2.45, 2.75) is 26.4 Å². The van der Waals surface area contributed by atoms with Gasteiger partial charge in [0.2, 0.25) is 0 Å². The fourth-order valence-electron chi connectivity index (χ4n) is 3.14. The zero-order valence-electron chi connectivity index (χ0n) is 19.9. The van der Waals surface area contributed by atoms with Gasteiger partial charge in [0, 0.05) is 5.92 Å². The summed E-state index contributed by atoms with van der Waals surface area (Å²) in [5, 5.41) is 8.71. The minimum atomic E-state index is -4.51. The Kier molecular flexibility index (Phi) is 9.05. The van der Waals surface area contributed by atoms with Gasteiger partial charge in [0.15, 0.2) is 11.5 Å². The molecule has 1 atom stereocenters. The van der Waals surface area contributed by atoms with Crippen LogP contribution in [0.25, 0.3) is 0 Å². The molecule has 192 valence electrons. The third kappa shape index (κ3) is 8.11. The van der Waals surface area contributed by atoms with Gasteiger partial charge in [0.1, 0.15) is 17.2 Å². The maximum atomic E-state index is 13.2. The molecule has 3 rings (SSSR count). The van der Waals surface area contributed by atoms with Gasteiger partial charge in [0.25, 0.3) is 0 Å². The fourth-order valence-corrected chi connectivity index (χ4v) is 3.14. The molecule has 0 bridgehead atoms. The Morgan fingerprint density at radius 1 is 0.861 bits per heavy atom. The first-order valence-electron chi connectivity index (χ1n) is 11.3. The van der Waals surface area contributed by atoms with Crippen molar-refractivity contribution >= 4 is 5.97 Å². The van der Waals surface area contributed by atoms with E-state index >= 15 is 0 Å². The Morgan fingerprint density at radius 3 is 2.22 bits per heavy atom. The number of aliphatic carboxylic acids is 1. The zero-order valence-corrected chi connectivity index (χ0v) is 19.9. The van der Waals surface area contributed by atoms with E-state index < -0.39 is 17.7 Å². The van der Waals surface area contributed by atoms with Gasteiger partial charge in [-0.15, -0.1) is 0 Å². The molecule has 9 heteroatoms. The largest absolute Gasteiger partial charge is 0.493 e. The molecule has 0 saturated heterocycles. The van der Waals surface area contributed by atoms with Crippen molar-refractivity contribution < 1.29 is 42.0 Å². The molecule has 3 aromatic carbocycles. The third-order valence-corrected chi connectivity index (χ3v) is 5.02. The SMILES string of the molecule is Cc1cc(OCC(C)COc2ccc(C(F)(F)F)cc2Oc2ccccc2)ccc1OCCC(=O)O. The van der Waals surface area contributed by atoms with Crippen LogP contribution in [0.5, 0.6) is 28.7 Å². The lowest BCUT2D eigenvalue weighted by molar-refractivity contribution is -0.138. The van der Waals surface area contributed by atoms with Crippen LogP contribution in [0.3, 0.4) is 0 Å². The first-order valence-corrected chi connectivity index (χ1v) is 11.3. The highest BCUT2D eigenvalue weighted by atomic mass is 19.4. The molecular weight excluding hydrogens is 477 g/mol. The van der Waals surface area contributed by atoms with Crippen molar-refractivity contribution in [3.8, 4) is 28.7 Å². The Labute approximate surface area is 207 Å². The molecule has 0 saturated carbocycles. The highest BCUT2D eigenvalue weighted by Crippen LogP contribution is 2.38. The van der Waals surface area contributed by atoms with E-state index in [2.05, 4.69) is 0 Å². The third-order valence-electron chi connectivity index (χ3n) is 5.02. The number of hydrogen-bond acceptors (Lipinski definition) is 5. The van der Waals surface area contributed by atoms with E-state index in [1.807, 2.05) is 13.8 Å². The Morgan fingerprint density at radius 2 is 1.56 bits per heavy atom. The number of para-hydroxylation sites is 1. The van der Waals surface area contributed by atoms with Crippen LogP contribution in [-0.4, -0.2) is 30.9 Å². The van der Waals surface area contributed by atoms with E-state index in [4.69, 9.17) is 24.1 Å². The Bertz CT molecular complexity index is 1150. The highest BCUT2D eigenvalue weighted by molar-refractivity contribution is 5.66. The maximum absolute atomic E-state index is 13.2. The van der Waals surface area contributed by atoms with Crippen LogP contribution in [0, 0.1) is 12.8 Å². The molecule has 36 heavy (non-hydrogen) atoms. The van der Waals surface area contributed by atoms with Crippen molar-refractivity contribution in [3.05, 3.63) is 77.9 Å². The predicted octanol–water partition coefficient (Wildman–Crippen LogP) is 6.75. The second kappa shape index (κ2) is 12.2. The molecule has 0 heterocycles. The summed E-state index contributed by atoms with van der Waals surface area (Å²) in [4.78, 5) is 10.6. The average Bonchev–Trinajstić information content (AvgIpc) is 2.83. The molecule has 0 aliphatic heterocycles. The molecule has 3 aromatic rings. The smallest absolute Gasteiger partial charge is 0.416 e. The van der Waals surface area contributed by atoms with Crippen LogP contribution in [-0.2, 0) is 11.0 Å². The molecule has 6 nitrogen and oxygen atoms in total. The number of carboxylic acid groups (broad SMARTS) is 1. The van der Waals surface area contributed by atoms with Gasteiger partial charge in [0.05, 0.1) is 31.8 Å². The monoisotopic (exact) mass is 504 g/mol. The molecule has 0 radical (unpaired) electrons. The summed E-state index contributed by atoms with van der Waals surface area (Å²) in [6.07, 6.45) is -4.60. The van der Waals surface area contributed by atoms with Crippen molar-refractivity contribution in [3.63, 3.8) is 0 Å². The number of carboxylic acids is 1. The summed E-state index contributed by atoms with van der Waals surface area (Å²) >= 11 is 0. The lowest BCUT2D eigenvalue weighted by Gasteiger charge is -2.18. The van der Waals surface area contributed by atoms with Crippen molar-refractivity contribution in [2.24, 2.45) is 5.92 Å². The van der Waals surface area contributed by atoms with E-state index in [0.717, 1.165) is 17.7 Å². The first-order chi connectivity index (χ1) is 17.1. The molecule has 0 amide bonds. The van der Waals surface area contributed by atoms with E-state index in [9.17, 15) is 18.0 Å². The number of alkyl halides is 3. The minimum absolute atomic E-state index is 0.0294. The molecule has 0 fully saturated rings. The highest BCUT2D eigenvalue weighted by Gasteiger charge is 2.31. The van der Waals surface area contributed by atoms with Gasteiger partial charge in [-0.2, -0.15) is 13.2 Å². The standard InChI is InChI=1S/C27H27F3O6/c1-18(16-34-22-9-11-23(19(2)14-22)33-13-12-26(31)32)17-35-24-10-8-20(27(28,29)30)15-25(24)36-21-6-4-3-5-7-21/h3-11,14-15,18H,12-13,16-17H2,1-2H3,(H,31,32). The van der Waals surface area contributed by atoms with Crippen molar-refractivity contribution in [2.75, 3.05) is 19.8 Å². The number of ether oxygens (including phenoxy) is 4. The topological polar surface area (TPSA) is 74.2 Å². The summed E-state index contributed by atoms with van der Waals surface area (Å²) < 4.78 is 62.4. The molecule has 1 unspecified atom stereocenters. The van der Waals surface area contributed by atoms with Gasteiger partial charge in [-0.05, 0) is 61.0 Å². The normalized spacial score (nSPS) is 12.0. The van der Waals surface area contributed by atoms with E-state index in [1.54, 1.807) is 48.5 Å². The molecule has 0 aliphatic carbocycles. The summed E-state index contributed by atoms with van der Waals surface area (Å²) in [6, 6.07) is 16.9. The summed E-state index contributed by atoms with van der Waals surface area (Å²) in [5.74, 6) is 0.711. The second-order valence-electron chi connectivity index (χ2n) is 8.22. The number of rotatable bonds is 12. The first kappa shape index (κ1) is 26.7. The van der Waals surface area contributed by atoms with Crippen molar-refractivity contribution in [1.82, 2.24) is 0 Å². The number of halogens is 3. The Hall–Kier alpha value is -3.88. The lowest BCUT2D eigenvalue weighted by Crippen LogP contribution is -2.17. The van der Waals surface area contributed by atoms with E-state index in [0.29, 0.717) is 23.9 Å². The van der Waals surface area contributed by atoms with Crippen LogP contribution in [0.15, 0.2) is 66.7 Å². The van der Waals surface area contributed by atoms with Gasteiger partial charge < -0.3 is 24.1 Å². The van der Waals surface area contributed by atoms with Crippen LogP contribution in [0.2, 0.25) is 0 Å². The van der Waals surface area contributed by atoms with Crippen LogP contribution in [0.1, 0.15) is 24.5 Å². The molecule has 0 aliphatic rings. The van der Waals surface area contributed by atoms with Crippen LogP contribution >= 0.6 is 0 Å². The van der Waals surface area contributed by atoms with E-state index in [1.165, 1.54) is 6.07 Å². The van der Waals surface area contributed by atoms with Gasteiger partial charge in [-0.3, -0.25) is 4.79 Å². The van der Waals surface area contributed by atoms with Gasteiger partial charge >= 0.3 is 12.1 Å². The van der Waals surface area contributed by atoms with Crippen molar-refractivity contribution in [1.29, 1.82) is 0 Å². The molecule has 0 spiro atoms. The predicted molar refractivity (Wildman–Crippen MR) is 127 cm³/mol. The zero-order chi connectivity index (χ0) is 26.1. The second-order valence-corrected chi connectivity index (χ2v) is 8.22. The quantitative estimate of drug-likeness (QED) is 0.294. The number of benzene rings is 3. The van der Waals surface area contributed by atoms with Crippen LogP contribution < -0.4 is 18.9 Å². The Balaban J connectivity index is 1.58. The van der Waals surface area contributed by atoms with Crippen LogP contribution in [0.4, 0.5) is 13.2 Å². The number of carbonyl (C=O) groups is 1.